The molecule has 0 aliphatic heterocycles. The van der Waals surface area contributed by atoms with Crippen LogP contribution in [0.2, 0.25) is 0 Å². The van der Waals surface area contributed by atoms with E-state index >= 15 is 0 Å². The lowest BCUT2D eigenvalue weighted by atomic mass is 10.4. The highest BCUT2D eigenvalue weighted by atomic mass is 14.7. The van der Waals surface area contributed by atoms with E-state index in [1.807, 2.05) is 13.8 Å². The lowest BCUT2D eigenvalue weighted by Crippen LogP contribution is -1.79. The van der Waals surface area contributed by atoms with Crippen LogP contribution in [0.1, 0.15) is 13.8 Å². The SMILES string of the molecule is C#CC(=C)N=C(C)C. The molecule has 0 aromatic carbocycles. The second-order valence-electron chi connectivity index (χ2n) is 1.65. The van der Waals surface area contributed by atoms with Gasteiger partial charge in [0.25, 0.3) is 0 Å². The Hall–Kier alpha value is -1.03. The number of nitrogens with zero attached hydrogens (tertiary/aromatic N) is 1. The van der Waals surface area contributed by atoms with Gasteiger partial charge < -0.3 is 0 Å². The van der Waals surface area contributed by atoms with Crippen LogP contribution in [0.15, 0.2) is 17.3 Å². The molecule has 0 fully saturated rings. The lowest BCUT2D eigenvalue weighted by molar-refractivity contribution is 1.43. The van der Waals surface area contributed by atoms with Crippen LogP contribution in [-0.4, -0.2) is 5.71 Å². The van der Waals surface area contributed by atoms with Crippen molar-refractivity contribution in [2.45, 2.75) is 13.8 Å². The molecule has 0 aromatic rings. The van der Waals surface area contributed by atoms with Gasteiger partial charge in [0.1, 0.15) is 5.70 Å². The van der Waals surface area contributed by atoms with E-state index in [-0.39, 0.29) is 0 Å². The van der Waals surface area contributed by atoms with E-state index in [4.69, 9.17) is 6.42 Å². The molecule has 0 bridgehead atoms. The maximum absolute atomic E-state index is 4.96. The molecule has 0 heterocycles. The van der Waals surface area contributed by atoms with E-state index in [1.165, 1.54) is 0 Å². The molecule has 42 valence electrons. The highest BCUT2D eigenvalue weighted by Gasteiger charge is 1.78. The zero-order valence-electron chi connectivity index (χ0n) is 5.23. The Morgan fingerprint density at radius 2 is 2.12 bits per heavy atom. The standard InChI is InChI=1S/C7H9N/c1-5-7(4)8-6(2)3/h1H,4H2,2-3H3. The minimum absolute atomic E-state index is 0.491. The molecule has 0 unspecified atom stereocenters. The quantitative estimate of drug-likeness (QED) is 0.356. The van der Waals surface area contributed by atoms with E-state index in [0.717, 1.165) is 5.71 Å². The summed E-state index contributed by atoms with van der Waals surface area (Å²) in [6.45, 7) is 7.24. The summed E-state index contributed by atoms with van der Waals surface area (Å²) in [6, 6.07) is 0. The van der Waals surface area contributed by atoms with E-state index in [1.54, 1.807) is 0 Å². The molecule has 0 spiro atoms. The summed E-state index contributed by atoms with van der Waals surface area (Å²) in [5.41, 5.74) is 1.43. The number of hydrogen-bond donors (Lipinski definition) is 0. The number of hydrogen-bond acceptors (Lipinski definition) is 1. The first-order valence-corrected chi connectivity index (χ1v) is 2.34. The van der Waals surface area contributed by atoms with Crippen molar-refractivity contribution >= 4 is 5.71 Å². The third kappa shape index (κ3) is 3.17. The molecule has 1 heteroatoms. The van der Waals surface area contributed by atoms with Crippen molar-refractivity contribution < 1.29 is 0 Å². The Labute approximate surface area is 50.1 Å². The summed E-state index contributed by atoms with van der Waals surface area (Å²) in [5.74, 6) is 2.31. The van der Waals surface area contributed by atoms with Crippen molar-refractivity contribution in [3.8, 4) is 12.3 Å². The van der Waals surface area contributed by atoms with Crippen LogP contribution < -0.4 is 0 Å². The largest absolute Gasteiger partial charge is 0.250 e. The highest BCUT2D eigenvalue weighted by molar-refractivity contribution is 5.80. The molecule has 0 aliphatic carbocycles. The van der Waals surface area contributed by atoms with Gasteiger partial charge in [-0.05, 0) is 13.8 Å². The maximum atomic E-state index is 4.96. The zero-order chi connectivity index (χ0) is 6.57. The number of terminal acetylenes is 1. The molecule has 0 atom stereocenters. The van der Waals surface area contributed by atoms with Crippen LogP contribution >= 0.6 is 0 Å². The first-order chi connectivity index (χ1) is 3.66. The molecule has 0 saturated carbocycles. The van der Waals surface area contributed by atoms with Gasteiger partial charge in [-0.2, -0.15) is 0 Å². The van der Waals surface area contributed by atoms with E-state index in [2.05, 4.69) is 17.5 Å². The molecule has 0 aliphatic rings. The number of aliphatic imine (C=N–C) groups is 1. The molecular weight excluding hydrogens is 98.1 g/mol. The average Bonchev–Trinajstić information content (AvgIpc) is 1.65. The van der Waals surface area contributed by atoms with Crippen molar-refractivity contribution in [2.75, 3.05) is 0 Å². The van der Waals surface area contributed by atoms with E-state index in [0.29, 0.717) is 5.70 Å². The Kier molecular flexibility index (Phi) is 2.64. The second-order valence-corrected chi connectivity index (χ2v) is 1.65. The predicted molar refractivity (Wildman–Crippen MR) is 36.8 cm³/mol. The van der Waals surface area contributed by atoms with Crippen LogP contribution in [-0.2, 0) is 0 Å². The molecule has 0 radical (unpaired) electrons. The van der Waals surface area contributed by atoms with Gasteiger partial charge in [0.2, 0.25) is 0 Å². The lowest BCUT2D eigenvalue weighted by Gasteiger charge is -1.85. The fourth-order valence-corrected chi connectivity index (χ4v) is 0.302. The summed E-state index contributed by atoms with van der Waals surface area (Å²) >= 11 is 0. The number of allylic oxidation sites excluding steroid dienone is 1. The van der Waals surface area contributed by atoms with Gasteiger partial charge in [-0.3, -0.25) is 0 Å². The minimum atomic E-state index is 0.491. The smallest absolute Gasteiger partial charge is 0.105 e. The molecule has 0 saturated heterocycles. The molecule has 0 rings (SSSR count). The normalized spacial score (nSPS) is 7.12. The molecule has 0 amide bonds. The topological polar surface area (TPSA) is 12.4 Å². The molecular formula is C7H9N. The van der Waals surface area contributed by atoms with E-state index in [9.17, 15) is 0 Å². The van der Waals surface area contributed by atoms with Crippen molar-refractivity contribution in [3.63, 3.8) is 0 Å². The van der Waals surface area contributed by atoms with Gasteiger partial charge in [-0.25, -0.2) is 4.99 Å². The predicted octanol–water partition coefficient (Wildman–Crippen LogP) is 1.61. The van der Waals surface area contributed by atoms with Gasteiger partial charge >= 0.3 is 0 Å². The maximum Gasteiger partial charge on any atom is 0.105 e. The fraction of sp³-hybridized carbons (Fsp3) is 0.286. The Morgan fingerprint density at radius 1 is 1.62 bits per heavy atom. The van der Waals surface area contributed by atoms with Crippen molar-refractivity contribution in [1.29, 1.82) is 0 Å². The Balaban J connectivity index is 3.95. The minimum Gasteiger partial charge on any atom is -0.250 e. The van der Waals surface area contributed by atoms with Crippen LogP contribution in [0.4, 0.5) is 0 Å². The fourth-order valence-electron chi connectivity index (χ4n) is 0.302. The third-order valence-corrected chi connectivity index (χ3v) is 0.525. The second kappa shape index (κ2) is 3.04. The molecule has 8 heavy (non-hydrogen) atoms. The third-order valence-electron chi connectivity index (χ3n) is 0.525. The van der Waals surface area contributed by atoms with Gasteiger partial charge in [0.05, 0.1) is 0 Å². The summed E-state index contributed by atoms with van der Waals surface area (Å²) in [6.07, 6.45) is 4.96. The summed E-state index contributed by atoms with van der Waals surface area (Å²) in [7, 11) is 0. The first-order valence-electron chi connectivity index (χ1n) is 2.34. The average molecular weight is 107 g/mol. The Morgan fingerprint density at radius 3 is 2.25 bits per heavy atom. The van der Waals surface area contributed by atoms with Crippen LogP contribution in [0.3, 0.4) is 0 Å². The highest BCUT2D eigenvalue weighted by Crippen LogP contribution is 1.88. The first kappa shape index (κ1) is 6.97. The summed E-state index contributed by atoms with van der Waals surface area (Å²) in [5, 5.41) is 0. The van der Waals surface area contributed by atoms with Gasteiger partial charge in [0.15, 0.2) is 0 Å². The van der Waals surface area contributed by atoms with Crippen molar-refractivity contribution in [2.24, 2.45) is 4.99 Å². The van der Waals surface area contributed by atoms with Gasteiger partial charge in [-0.15, -0.1) is 6.42 Å². The molecule has 0 aromatic heterocycles. The van der Waals surface area contributed by atoms with Crippen LogP contribution in [0.5, 0.6) is 0 Å². The summed E-state index contributed by atoms with van der Waals surface area (Å²) < 4.78 is 0. The molecule has 0 N–H and O–H groups in total. The van der Waals surface area contributed by atoms with Crippen molar-refractivity contribution in [3.05, 3.63) is 12.3 Å². The number of rotatable bonds is 1. The van der Waals surface area contributed by atoms with Crippen LogP contribution in [0.25, 0.3) is 0 Å². The van der Waals surface area contributed by atoms with Crippen molar-refractivity contribution in [1.82, 2.24) is 0 Å². The van der Waals surface area contributed by atoms with Crippen LogP contribution in [0, 0.1) is 12.3 Å². The van der Waals surface area contributed by atoms with Gasteiger partial charge in [0, 0.05) is 5.71 Å². The van der Waals surface area contributed by atoms with E-state index < -0.39 is 0 Å². The monoisotopic (exact) mass is 107 g/mol. The Bertz CT molecular complexity index is 154. The zero-order valence-corrected chi connectivity index (χ0v) is 5.23. The summed E-state index contributed by atoms with van der Waals surface area (Å²) in [4.78, 5) is 3.88. The molecule has 1 nitrogen and oxygen atoms in total. The van der Waals surface area contributed by atoms with Gasteiger partial charge in [-0.1, -0.05) is 12.5 Å².